The molecule has 2 heteroatoms. The fraction of sp³-hybridized carbons (Fsp3) is 0.250. The van der Waals surface area contributed by atoms with Crippen LogP contribution in [0.25, 0.3) is 11.1 Å². The van der Waals surface area contributed by atoms with Gasteiger partial charge in [0.05, 0.1) is 0 Å². The maximum Gasteiger partial charge on any atom is 0.0438 e. The monoisotopic (exact) mass is 259 g/mol. The summed E-state index contributed by atoms with van der Waals surface area (Å²) in [5.41, 5.74) is 11.7. The molecule has 0 bridgehead atoms. The summed E-state index contributed by atoms with van der Waals surface area (Å²) in [4.78, 5) is 0. The second-order valence-corrected chi connectivity index (χ2v) is 5.23. The number of hydrogen-bond acceptors (Lipinski definition) is 1. The summed E-state index contributed by atoms with van der Waals surface area (Å²) in [5.74, 6) is 0. The molecule has 0 radical (unpaired) electrons. The minimum absolute atomic E-state index is 0.0760. The SMILES string of the molecule is Cc1cc(-c2ccc(C(C)N)cc2)c(C)cc1Cl. The Morgan fingerprint density at radius 3 is 2.17 bits per heavy atom. The van der Waals surface area contributed by atoms with Gasteiger partial charge in [-0.2, -0.15) is 0 Å². The molecule has 0 spiro atoms. The van der Waals surface area contributed by atoms with Crippen LogP contribution in [0.1, 0.15) is 29.7 Å². The van der Waals surface area contributed by atoms with Crippen LogP contribution in [0, 0.1) is 13.8 Å². The smallest absolute Gasteiger partial charge is 0.0438 e. The third kappa shape index (κ3) is 2.58. The van der Waals surface area contributed by atoms with Crippen molar-refractivity contribution in [1.29, 1.82) is 0 Å². The van der Waals surface area contributed by atoms with E-state index in [1.165, 1.54) is 16.7 Å². The molecule has 0 saturated carbocycles. The van der Waals surface area contributed by atoms with E-state index >= 15 is 0 Å². The van der Waals surface area contributed by atoms with Crippen LogP contribution in [-0.4, -0.2) is 0 Å². The zero-order chi connectivity index (χ0) is 13.3. The van der Waals surface area contributed by atoms with Crippen molar-refractivity contribution in [2.75, 3.05) is 0 Å². The summed E-state index contributed by atoms with van der Waals surface area (Å²) in [6, 6.07) is 12.6. The predicted molar refractivity (Wildman–Crippen MR) is 79.0 cm³/mol. The van der Waals surface area contributed by atoms with Gasteiger partial charge in [0, 0.05) is 11.1 Å². The Morgan fingerprint density at radius 2 is 1.61 bits per heavy atom. The lowest BCUT2D eigenvalue weighted by molar-refractivity contribution is 0.818. The molecule has 2 aromatic carbocycles. The predicted octanol–water partition coefficient (Wildman–Crippen LogP) is 4.64. The number of benzene rings is 2. The van der Waals surface area contributed by atoms with Crippen LogP contribution in [0.3, 0.4) is 0 Å². The summed E-state index contributed by atoms with van der Waals surface area (Å²) in [7, 11) is 0. The van der Waals surface area contributed by atoms with Crippen molar-refractivity contribution in [1.82, 2.24) is 0 Å². The first-order valence-electron chi connectivity index (χ1n) is 6.11. The molecule has 0 aliphatic heterocycles. The highest BCUT2D eigenvalue weighted by Gasteiger charge is 2.06. The van der Waals surface area contributed by atoms with Crippen LogP contribution in [0.15, 0.2) is 36.4 Å². The maximum atomic E-state index is 6.12. The lowest BCUT2D eigenvalue weighted by atomic mass is 9.96. The number of rotatable bonds is 2. The lowest BCUT2D eigenvalue weighted by Crippen LogP contribution is -2.04. The molecule has 2 aromatic rings. The van der Waals surface area contributed by atoms with E-state index in [0.29, 0.717) is 0 Å². The van der Waals surface area contributed by atoms with Gasteiger partial charge in [0.2, 0.25) is 0 Å². The summed E-state index contributed by atoms with van der Waals surface area (Å²) >= 11 is 6.12. The molecule has 0 aliphatic rings. The van der Waals surface area contributed by atoms with Crippen LogP contribution in [0.5, 0.6) is 0 Å². The quantitative estimate of drug-likeness (QED) is 0.835. The molecule has 1 atom stereocenters. The van der Waals surface area contributed by atoms with Crippen LogP contribution >= 0.6 is 11.6 Å². The van der Waals surface area contributed by atoms with Crippen molar-refractivity contribution in [3.8, 4) is 11.1 Å². The van der Waals surface area contributed by atoms with E-state index in [1.807, 2.05) is 19.9 Å². The van der Waals surface area contributed by atoms with E-state index in [0.717, 1.165) is 16.1 Å². The van der Waals surface area contributed by atoms with Crippen LogP contribution in [-0.2, 0) is 0 Å². The molecule has 1 unspecified atom stereocenters. The van der Waals surface area contributed by atoms with Crippen LogP contribution < -0.4 is 5.73 Å². The Morgan fingerprint density at radius 1 is 1.00 bits per heavy atom. The molecule has 94 valence electrons. The molecule has 2 rings (SSSR count). The van der Waals surface area contributed by atoms with E-state index in [2.05, 4.69) is 37.3 Å². The van der Waals surface area contributed by atoms with Gasteiger partial charge in [-0.15, -0.1) is 0 Å². The molecule has 0 amide bonds. The van der Waals surface area contributed by atoms with Gasteiger partial charge in [-0.05, 0) is 60.7 Å². The minimum atomic E-state index is 0.0760. The Balaban J connectivity index is 2.46. The van der Waals surface area contributed by atoms with Crippen molar-refractivity contribution in [3.05, 3.63) is 58.1 Å². The van der Waals surface area contributed by atoms with Gasteiger partial charge in [-0.1, -0.05) is 35.9 Å². The van der Waals surface area contributed by atoms with Crippen molar-refractivity contribution in [3.63, 3.8) is 0 Å². The first-order valence-corrected chi connectivity index (χ1v) is 6.49. The van der Waals surface area contributed by atoms with Gasteiger partial charge in [0.1, 0.15) is 0 Å². The number of nitrogens with two attached hydrogens (primary N) is 1. The standard InChI is InChI=1S/C16H18ClN/c1-10-9-16(17)11(2)8-15(10)14-6-4-13(5-7-14)12(3)18/h4-9,12H,18H2,1-3H3. The number of aryl methyl sites for hydroxylation is 2. The minimum Gasteiger partial charge on any atom is -0.324 e. The molecule has 0 aromatic heterocycles. The molecule has 0 aliphatic carbocycles. The third-order valence-corrected chi connectivity index (χ3v) is 3.66. The molecule has 0 fully saturated rings. The first-order chi connectivity index (χ1) is 8.49. The molecule has 18 heavy (non-hydrogen) atoms. The molecule has 0 heterocycles. The Bertz CT molecular complexity index is 556. The molecule has 0 saturated heterocycles. The maximum absolute atomic E-state index is 6.12. The molecular weight excluding hydrogens is 242 g/mol. The van der Waals surface area contributed by atoms with Gasteiger partial charge < -0.3 is 5.73 Å². The van der Waals surface area contributed by atoms with Gasteiger partial charge in [0.15, 0.2) is 0 Å². The number of hydrogen-bond donors (Lipinski definition) is 1. The Labute approximate surface area is 114 Å². The lowest BCUT2D eigenvalue weighted by Gasteiger charge is -2.11. The number of halogens is 1. The summed E-state index contributed by atoms with van der Waals surface area (Å²) in [5, 5.41) is 0.823. The second kappa shape index (κ2) is 5.13. The zero-order valence-electron chi connectivity index (χ0n) is 11.0. The summed E-state index contributed by atoms with van der Waals surface area (Å²) < 4.78 is 0. The van der Waals surface area contributed by atoms with Gasteiger partial charge in [0.25, 0.3) is 0 Å². The average molecular weight is 260 g/mol. The topological polar surface area (TPSA) is 26.0 Å². The van der Waals surface area contributed by atoms with Gasteiger partial charge in [-0.25, -0.2) is 0 Å². The molecule has 2 N–H and O–H groups in total. The highest BCUT2D eigenvalue weighted by molar-refractivity contribution is 6.31. The van der Waals surface area contributed by atoms with Crippen LogP contribution in [0.2, 0.25) is 5.02 Å². The van der Waals surface area contributed by atoms with Crippen molar-refractivity contribution >= 4 is 11.6 Å². The highest BCUT2D eigenvalue weighted by atomic mass is 35.5. The van der Waals surface area contributed by atoms with Crippen molar-refractivity contribution in [2.45, 2.75) is 26.8 Å². The van der Waals surface area contributed by atoms with Crippen LogP contribution in [0.4, 0.5) is 0 Å². The summed E-state index contributed by atoms with van der Waals surface area (Å²) in [6.07, 6.45) is 0. The van der Waals surface area contributed by atoms with E-state index in [9.17, 15) is 0 Å². The largest absolute Gasteiger partial charge is 0.324 e. The Kier molecular flexibility index (Phi) is 3.74. The third-order valence-electron chi connectivity index (χ3n) is 3.25. The van der Waals surface area contributed by atoms with E-state index in [1.54, 1.807) is 0 Å². The molecule has 1 nitrogen and oxygen atoms in total. The fourth-order valence-electron chi connectivity index (χ4n) is 2.06. The highest BCUT2D eigenvalue weighted by Crippen LogP contribution is 2.29. The van der Waals surface area contributed by atoms with Crippen molar-refractivity contribution < 1.29 is 0 Å². The van der Waals surface area contributed by atoms with E-state index in [4.69, 9.17) is 17.3 Å². The van der Waals surface area contributed by atoms with Gasteiger partial charge >= 0.3 is 0 Å². The summed E-state index contributed by atoms with van der Waals surface area (Å²) in [6.45, 7) is 6.11. The fourth-order valence-corrected chi connectivity index (χ4v) is 2.28. The van der Waals surface area contributed by atoms with Gasteiger partial charge in [-0.3, -0.25) is 0 Å². The Hall–Kier alpha value is -1.31. The normalized spacial score (nSPS) is 12.5. The second-order valence-electron chi connectivity index (χ2n) is 4.83. The van der Waals surface area contributed by atoms with E-state index < -0.39 is 0 Å². The average Bonchev–Trinajstić information content (AvgIpc) is 2.34. The first kappa shape index (κ1) is 13.1. The van der Waals surface area contributed by atoms with E-state index in [-0.39, 0.29) is 6.04 Å². The molecular formula is C16H18ClN. The zero-order valence-corrected chi connectivity index (χ0v) is 11.8. The van der Waals surface area contributed by atoms with Crippen molar-refractivity contribution in [2.24, 2.45) is 5.73 Å².